The van der Waals surface area contributed by atoms with Crippen LogP contribution in [0.4, 0.5) is 0 Å². The minimum atomic E-state index is 0. The second-order valence-corrected chi connectivity index (χ2v) is 5.40. The van der Waals surface area contributed by atoms with Crippen molar-refractivity contribution in [1.82, 2.24) is 15.5 Å². The molecule has 8 heteroatoms. The molecule has 0 saturated heterocycles. The van der Waals surface area contributed by atoms with E-state index in [9.17, 15) is 4.79 Å². The van der Waals surface area contributed by atoms with Gasteiger partial charge in [0, 0.05) is 40.7 Å². The zero-order chi connectivity index (χ0) is 17.9. The first-order valence-electron chi connectivity index (χ1n) is 7.87. The van der Waals surface area contributed by atoms with Crippen molar-refractivity contribution in [2.75, 3.05) is 48.5 Å². The first-order valence-corrected chi connectivity index (χ1v) is 7.87. The minimum absolute atomic E-state index is 0. The number of hydrogen-bond acceptors (Lipinski definition) is 4. The standard InChI is InChI=1S/C17H28N4O3.HI/c1-18-17(20-11-9-16(22)21(2)3)19-10-8-13-6-7-14(23-4)15(12-13)24-5;/h6-7,12H,8-11H2,1-5H3,(H2,18,19,20);1H. The molecule has 0 aromatic heterocycles. The average molecular weight is 464 g/mol. The molecule has 0 aliphatic rings. The van der Waals surface area contributed by atoms with Crippen LogP contribution in [0.25, 0.3) is 0 Å². The van der Waals surface area contributed by atoms with Gasteiger partial charge in [-0.05, 0) is 24.1 Å². The van der Waals surface area contributed by atoms with E-state index in [4.69, 9.17) is 9.47 Å². The lowest BCUT2D eigenvalue weighted by Crippen LogP contribution is -2.40. The zero-order valence-corrected chi connectivity index (χ0v) is 17.9. The maximum absolute atomic E-state index is 11.5. The van der Waals surface area contributed by atoms with Gasteiger partial charge in [0.15, 0.2) is 17.5 Å². The molecule has 0 aliphatic carbocycles. The van der Waals surface area contributed by atoms with Crippen molar-refractivity contribution in [3.05, 3.63) is 23.8 Å². The van der Waals surface area contributed by atoms with Crippen molar-refractivity contribution < 1.29 is 14.3 Å². The Morgan fingerprint density at radius 1 is 1.12 bits per heavy atom. The smallest absolute Gasteiger partial charge is 0.223 e. The fourth-order valence-corrected chi connectivity index (χ4v) is 2.09. The number of nitrogens with one attached hydrogen (secondary N) is 2. The number of nitrogens with zero attached hydrogens (tertiary/aromatic N) is 2. The molecule has 142 valence electrons. The Kier molecular flexibility index (Phi) is 11.8. The lowest BCUT2D eigenvalue weighted by Gasteiger charge is -2.14. The predicted molar refractivity (Wildman–Crippen MR) is 111 cm³/mol. The van der Waals surface area contributed by atoms with Crippen LogP contribution in [0.5, 0.6) is 11.5 Å². The van der Waals surface area contributed by atoms with E-state index in [0.717, 1.165) is 30.0 Å². The summed E-state index contributed by atoms with van der Waals surface area (Å²) in [5, 5.41) is 6.36. The number of methoxy groups -OCH3 is 2. The minimum Gasteiger partial charge on any atom is -0.493 e. The SMILES string of the molecule is CN=C(NCCC(=O)N(C)C)NCCc1ccc(OC)c(OC)c1.I. The molecule has 0 fully saturated rings. The first-order chi connectivity index (χ1) is 11.5. The van der Waals surface area contributed by atoms with Crippen LogP contribution in [0, 0.1) is 0 Å². The quantitative estimate of drug-likeness (QED) is 0.347. The highest BCUT2D eigenvalue weighted by Gasteiger charge is 2.06. The molecule has 2 N–H and O–H groups in total. The highest BCUT2D eigenvalue weighted by Crippen LogP contribution is 2.27. The summed E-state index contributed by atoms with van der Waals surface area (Å²) < 4.78 is 10.5. The molecule has 0 unspecified atom stereocenters. The van der Waals surface area contributed by atoms with Gasteiger partial charge < -0.3 is 25.0 Å². The number of amides is 1. The number of benzene rings is 1. The van der Waals surface area contributed by atoms with Gasteiger partial charge in [0.1, 0.15) is 0 Å². The summed E-state index contributed by atoms with van der Waals surface area (Å²) in [7, 11) is 8.45. The van der Waals surface area contributed by atoms with E-state index < -0.39 is 0 Å². The molecule has 0 heterocycles. The molecule has 1 amide bonds. The molecule has 0 saturated carbocycles. The van der Waals surface area contributed by atoms with E-state index >= 15 is 0 Å². The average Bonchev–Trinajstić information content (AvgIpc) is 2.59. The Hall–Kier alpha value is -1.71. The summed E-state index contributed by atoms with van der Waals surface area (Å²) >= 11 is 0. The molecule has 1 aromatic rings. The van der Waals surface area contributed by atoms with Crippen LogP contribution in [-0.2, 0) is 11.2 Å². The first kappa shape index (κ1) is 23.3. The largest absolute Gasteiger partial charge is 0.493 e. The van der Waals surface area contributed by atoms with E-state index in [-0.39, 0.29) is 29.9 Å². The van der Waals surface area contributed by atoms with Crippen molar-refractivity contribution in [3.63, 3.8) is 0 Å². The van der Waals surface area contributed by atoms with Crippen LogP contribution >= 0.6 is 24.0 Å². The summed E-state index contributed by atoms with van der Waals surface area (Å²) in [6.07, 6.45) is 1.25. The molecule has 0 aliphatic heterocycles. The lowest BCUT2D eigenvalue weighted by atomic mass is 10.1. The Balaban J connectivity index is 0.00000576. The summed E-state index contributed by atoms with van der Waals surface area (Å²) in [6, 6.07) is 5.87. The van der Waals surface area contributed by atoms with Crippen molar-refractivity contribution in [2.45, 2.75) is 12.8 Å². The van der Waals surface area contributed by atoms with Crippen LogP contribution in [-0.4, -0.2) is 65.2 Å². The van der Waals surface area contributed by atoms with Crippen molar-refractivity contribution in [2.24, 2.45) is 4.99 Å². The summed E-state index contributed by atoms with van der Waals surface area (Å²) in [4.78, 5) is 17.3. The molecule has 7 nitrogen and oxygen atoms in total. The van der Waals surface area contributed by atoms with Crippen LogP contribution in [0.3, 0.4) is 0 Å². The maximum Gasteiger partial charge on any atom is 0.223 e. The van der Waals surface area contributed by atoms with Crippen LogP contribution in [0.2, 0.25) is 0 Å². The Morgan fingerprint density at radius 2 is 1.76 bits per heavy atom. The third-order valence-electron chi connectivity index (χ3n) is 3.51. The van der Waals surface area contributed by atoms with Gasteiger partial charge in [0.2, 0.25) is 5.91 Å². The van der Waals surface area contributed by atoms with Gasteiger partial charge in [-0.15, -0.1) is 24.0 Å². The number of ether oxygens (including phenoxy) is 2. The molecular formula is C17H29IN4O3. The summed E-state index contributed by atoms with van der Waals surface area (Å²) in [5.74, 6) is 2.21. The zero-order valence-electron chi connectivity index (χ0n) is 15.6. The second kappa shape index (κ2) is 12.6. The molecule has 25 heavy (non-hydrogen) atoms. The predicted octanol–water partition coefficient (Wildman–Crippen LogP) is 1.51. The molecular weight excluding hydrogens is 435 g/mol. The van der Waals surface area contributed by atoms with Gasteiger partial charge in [-0.3, -0.25) is 9.79 Å². The van der Waals surface area contributed by atoms with Gasteiger partial charge in [0.25, 0.3) is 0 Å². The van der Waals surface area contributed by atoms with Crippen LogP contribution in [0.1, 0.15) is 12.0 Å². The van der Waals surface area contributed by atoms with Gasteiger partial charge in [-0.25, -0.2) is 0 Å². The Morgan fingerprint density at radius 3 is 2.32 bits per heavy atom. The highest BCUT2D eigenvalue weighted by atomic mass is 127. The fourth-order valence-electron chi connectivity index (χ4n) is 2.09. The maximum atomic E-state index is 11.5. The summed E-state index contributed by atoms with van der Waals surface area (Å²) in [6.45, 7) is 1.27. The van der Waals surface area contributed by atoms with E-state index in [1.54, 1.807) is 40.3 Å². The molecule has 1 rings (SSSR count). The number of carbonyl (C=O) groups is 1. The fraction of sp³-hybridized carbons (Fsp3) is 0.529. The van der Waals surface area contributed by atoms with Gasteiger partial charge >= 0.3 is 0 Å². The van der Waals surface area contributed by atoms with Crippen molar-refractivity contribution in [1.29, 1.82) is 0 Å². The third-order valence-corrected chi connectivity index (χ3v) is 3.51. The lowest BCUT2D eigenvalue weighted by molar-refractivity contribution is -0.128. The van der Waals surface area contributed by atoms with Crippen LogP contribution in [0.15, 0.2) is 23.2 Å². The Labute approximate surface area is 167 Å². The van der Waals surface area contributed by atoms with Crippen molar-refractivity contribution in [3.8, 4) is 11.5 Å². The number of rotatable bonds is 8. The molecule has 1 aromatic carbocycles. The van der Waals surface area contributed by atoms with E-state index in [1.165, 1.54) is 0 Å². The monoisotopic (exact) mass is 464 g/mol. The highest BCUT2D eigenvalue weighted by molar-refractivity contribution is 14.0. The summed E-state index contributed by atoms with van der Waals surface area (Å²) in [5.41, 5.74) is 1.14. The van der Waals surface area contributed by atoms with Crippen molar-refractivity contribution >= 4 is 35.8 Å². The molecule has 0 atom stereocenters. The van der Waals surface area contributed by atoms with E-state index in [0.29, 0.717) is 18.9 Å². The van der Waals surface area contributed by atoms with E-state index in [2.05, 4.69) is 15.6 Å². The van der Waals surface area contributed by atoms with Gasteiger partial charge in [-0.2, -0.15) is 0 Å². The molecule has 0 spiro atoms. The number of aliphatic imine (C=N–C) groups is 1. The molecule has 0 radical (unpaired) electrons. The Bertz CT molecular complexity index is 565. The van der Waals surface area contributed by atoms with Gasteiger partial charge in [-0.1, -0.05) is 6.07 Å². The topological polar surface area (TPSA) is 75.2 Å². The number of hydrogen-bond donors (Lipinski definition) is 2. The van der Waals surface area contributed by atoms with E-state index in [1.807, 2.05) is 18.2 Å². The van der Waals surface area contributed by atoms with Gasteiger partial charge in [0.05, 0.1) is 14.2 Å². The normalized spacial score (nSPS) is 10.5. The number of halogens is 1. The molecule has 0 bridgehead atoms. The second-order valence-electron chi connectivity index (χ2n) is 5.40. The number of carbonyl (C=O) groups excluding carboxylic acids is 1. The third kappa shape index (κ3) is 8.28. The number of guanidine groups is 1. The van der Waals surface area contributed by atoms with Crippen LogP contribution < -0.4 is 20.1 Å².